The first-order valence-electron chi connectivity index (χ1n) is 7.11. The highest BCUT2D eigenvalue weighted by atomic mass is 35.5. The molecule has 2 aromatic carbocycles. The van der Waals surface area contributed by atoms with Crippen molar-refractivity contribution in [2.75, 3.05) is 26.1 Å². The van der Waals surface area contributed by atoms with Crippen molar-refractivity contribution in [1.82, 2.24) is 0 Å². The highest BCUT2D eigenvalue weighted by molar-refractivity contribution is 6.30. The minimum absolute atomic E-state index is 0.104. The van der Waals surface area contributed by atoms with Crippen LogP contribution >= 0.6 is 11.6 Å². The minimum Gasteiger partial charge on any atom is -0.495 e. The van der Waals surface area contributed by atoms with E-state index in [4.69, 9.17) is 30.9 Å². The molecule has 0 saturated carbocycles. The number of ether oxygens (including phenoxy) is 3. The number of halogens is 1. The van der Waals surface area contributed by atoms with Crippen molar-refractivity contribution in [2.24, 2.45) is 0 Å². The fraction of sp³-hybridized carbons (Fsp3) is 0.235. The van der Waals surface area contributed by atoms with Crippen LogP contribution < -0.4 is 19.5 Å². The predicted molar refractivity (Wildman–Crippen MR) is 91.0 cm³/mol. The van der Waals surface area contributed by atoms with E-state index in [2.05, 4.69) is 5.32 Å². The molecule has 0 radical (unpaired) electrons. The Morgan fingerprint density at radius 3 is 2.50 bits per heavy atom. The number of nitrogens with one attached hydrogen (secondary N) is 1. The Balaban J connectivity index is 2.01. The Kier molecular flexibility index (Phi) is 6.28. The number of methoxy groups -OCH3 is 2. The zero-order chi connectivity index (χ0) is 17.5. The van der Waals surface area contributed by atoms with Gasteiger partial charge in [-0.1, -0.05) is 17.7 Å². The fourth-order valence-electron chi connectivity index (χ4n) is 2.03. The summed E-state index contributed by atoms with van der Waals surface area (Å²) in [6, 6.07) is 9.88. The van der Waals surface area contributed by atoms with E-state index < -0.39 is 0 Å². The Labute approximate surface area is 144 Å². The van der Waals surface area contributed by atoms with E-state index in [-0.39, 0.29) is 19.1 Å². The van der Waals surface area contributed by atoms with Gasteiger partial charge in [0.2, 0.25) is 0 Å². The number of hydrogen-bond acceptors (Lipinski definition) is 5. The molecule has 2 aromatic rings. The van der Waals surface area contributed by atoms with Crippen molar-refractivity contribution in [2.45, 2.75) is 6.61 Å². The largest absolute Gasteiger partial charge is 0.495 e. The van der Waals surface area contributed by atoms with Gasteiger partial charge in [0.1, 0.15) is 5.75 Å². The molecule has 2 N–H and O–H groups in total. The fourth-order valence-corrected chi connectivity index (χ4v) is 2.19. The van der Waals surface area contributed by atoms with Crippen LogP contribution in [0, 0.1) is 0 Å². The quantitative estimate of drug-likeness (QED) is 0.802. The zero-order valence-corrected chi connectivity index (χ0v) is 14.1. The van der Waals surface area contributed by atoms with Crippen LogP contribution in [0.1, 0.15) is 5.56 Å². The third-order valence-electron chi connectivity index (χ3n) is 3.21. The van der Waals surface area contributed by atoms with E-state index >= 15 is 0 Å². The first-order valence-corrected chi connectivity index (χ1v) is 7.49. The van der Waals surface area contributed by atoms with Crippen molar-refractivity contribution in [3.8, 4) is 17.2 Å². The lowest BCUT2D eigenvalue weighted by atomic mass is 10.2. The summed E-state index contributed by atoms with van der Waals surface area (Å²) in [4.78, 5) is 12.1. The molecule has 0 unspecified atom stereocenters. The van der Waals surface area contributed by atoms with Gasteiger partial charge in [-0.05, 0) is 29.8 Å². The van der Waals surface area contributed by atoms with E-state index in [1.807, 2.05) is 0 Å². The van der Waals surface area contributed by atoms with Crippen molar-refractivity contribution < 1.29 is 24.1 Å². The Hall–Kier alpha value is -2.44. The summed E-state index contributed by atoms with van der Waals surface area (Å²) in [5, 5.41) is 12.3. The Bertz CT molecular complexity index is 720. The number of anilines is 1. The minimum atomic E-state index is -0.357. The smallest absolute Gasteiger partial charge is 0.262 e. The molecule has 0 saturated heterocycles. The normalized spacial score (nSPS) is 10.2. The highest BCUT2D eigenvalue weighted by Gasteiger charge is 2.11. The molecule has 0 fully saturated rings. The van der Waals surface area contributed by atoms with Gasteiger partial charge in [0.05, 0.1) is 26.5 Å². The second-order valence-corrected chi connectivity index (χ2v) is 5.26. The molecule has 0 bridgehead atoms. The van der Waals surface area contributed by atoms with Crippen LogP contribution in [-0.2, 0) is 11.4 Å². The molecular formula is C17H18ClNO5. The maximum absolute atomic E-state index is 12.1. The SMILES string of the molecule is COc1cc(Cl)ccc1NC(=O)COc1ccc(CO)cc1OC. The van der Waals surface area contributed by atoms with Gasteiger partial charge in [-0.25, -0.2) is 0 Å². The lowest BCUT2D eigenvalue weighted by molar-refractivity contribution is -0.118. The monoisotopic (exact) mass is 351 g/mol. The van der Waals surface area contributed by atoms with Gasteiger partial charge in [-0.2, -0.15) is 0 Å². The molecule has 0 aliphatic heterocycles. The average molecular weight is 352 g/mol. The molecule has 6 nitrogen and oxygen atoms in total. The van der Waals surface area contributed by atoms with E-state index in [1.165, 1.54) is 14.2 Å². The van der Waals surface area contributed by atoms with Crippen LogP contribution in [0.25, 0.3) is 0 Å². The Morgan fingerprint density at radius 1 is 1.08 bits per heavy atom. The number of rotatable bonds is 7. The molecule has 0 aliphatic rings. The molecule has 1 amide bonds. The van der Waals surface area contributed by atoms with E-state index in [1.54, 1.807) is 36.4 Å². The molecule has 0 aromatic heterocycles. The number of carbonyl (C=O) groups excluding carboxylic acids is 1. The summed E-state index contributed by atoms with van der Waals surface area (Å²) in [7, 11) is 2.98. The summed E-state index contributed by atoms with van der Waals surface area (Å²) in [6.07, 6.45) is 0. The predicted octanol–water partition coefficient (Wildman–Crippen LogP) is 2.87. The molecule has 0 spiro atoms. The number of carbonyl (C=O) groups is 1. The van der Waals surface area contributed by atoms with Crippen LogP contribution in [0.3, 0.4) is 0 Å². The van der Waals surface area contributed by atoms with E-state index in [0.717, 1.165) is 0 Å². The van der Waals surface area contributed by atoms with Crippen molar-refractivity contribution in [3.63, 3.8) is 0 Å². The van der Waals surface area contributed by atoms with E-state index in [0.29, 0.717) is 33.5 Å². The number of benzene rings is 2. The van der Waals surface area contributed by atoms with Gasteiger partial charge in [0.15, 0.2) is 18.1 Å². The van der Waals surface area contributed by atoms with Crippen molar-refractivity contribution in [3.05, 3.63) is 47.0 Å². The second kappa shape index (κ2) is 8.42. The van der Waals surface area contributed by atoms with Gasteiger partial charge in [-0.15, -0.1) is 0 Å². The lowest BCUT2D eigenvalue weighted by Crippen LogP contribution is -2.20. The maximum atomic E-state index is 12.1. The van der Waals surface area contributed by atoms with Gasteiger partial charge in [0.25, 0.3) is 5.91 Å². The Morgan fingerprint density at radius 2 is 1.83 bits per heavy atom. The molecule has 0 heterocycles. The van der Waals surface area contributed by atoms with Gasteiger partial charge >= 0.3 is 0 Å². The van der Waals surface area contributed by atoms with Crippen LogP contribution in [0.15, 0.2) is 36.4 Å². The van der Waals surface area contributed by atoms with Crippen LogP contribution in [-0.4, -0.2) is 31.8 Å². The third kappa shape index (κ3) is 4.53. The first kappa shape index (κ1) is 17.9. The van der Waals surface area contributed by atoms with Crippen molar-refractivity contribution >= 4 is 23.2 Å². The molecule has 0 atom stereocenters. The number of amides is 1. The topological polar surface area (TPSA) is 77.0 Å². The second-order valence-electron chi connectivity index (χ2n) is 4.82. The summed E-state index contributed by atoms with van der Waals surface area (Å²) in [6.45, 7) is -0.311. The van der Waals surface area contributed by atoms with E-state index in [9.17, 15) is 4.79 Å². The summed E-state index contributed by atoms with van der Waals surface area (Å²) < 4.78 is 15.8. The zero-order valence-electron chi connectivity index (χ0n) is 13.3. The lowest BCUT2D eigenvalue weighted by Gasteiger charge is -2.13. The molecule has 7 heteroatoms. The summed E-state index contributed by atoms with van der Waals surface area (Å²) in [5.74, 6) is 0.955. The molecular weight excluding hydrogens is 334 g/mol. The number of hydrogen-bond donors (Lipinski definition) is 2. The van der Waals surface area contributed by atoms with Crippen LogP contribution in [0.4, 0.5) is 5.69 Å². The van der Waals surface area contributed by atoms with Crippen molar-refractivity contribution in [1.29, 1.82) is 0 Å². The molecule has 24 heavy (non-hydrogen) atoms. The summed E-state index contributed by atoms with van der Waals surface area (Å²) >= 11 is 5.88. The first-order chi connectivity index (χ1) is 11.6. The van der Waals surface area contributed by atoms with Gasteiger partial charge in [0, 0.05) is 11.1 Å². The number of aliphatic hydroxyl groups is 1. The van der Waals surface area contributed by atoms with Gasteiger partial charge < -0.3 is 24.6 Å². The standard InChI is InChI=1S/C17H18ClNO5/c1-22-15-8-12(18)4-5-13(15)19-17(21)10-24-14-6-3-11(9-20)7-16(14)23-2/h3-8,20H,9-10H2,1-2H3,(H,19,21). The van der Waals surface area contributed by atoms with Crippen LogP contribution in [0.2, 0.25) is 5.02 Å². The van der Waals surface area contributed by atoms with Gasteiger partial charge in [-0.3, -0.25) is 4.79 Å². The summed E-state index contributed by atoms with van der Waals surface area (Å²) in [5.41, 5.74) is 1.19. The average Bonchev–Trinajstić information content (AvgIpc) is 2.61. The maximum Gasteiger partial charge on any atom is 0.262 e. The van der Waals surface area contributed by atoms with Crippen LogP contribution in [0.5, 0.6) is 17.2 Å². The number of aliphatic hydroxyl groups excluding tert-OH is 1. The highest BCUT2D eigenvalue weighted by Crippen LogP contribution is 2.29. The third-order valence-corrected chi connectivity index (χ3v) is 3.44. The molecule has 2 rings (SSSR count). The molecule has 128 valence electrons. The molecule has 0 aliphatic carbocycles.